The first kappa shape index (κ1) is 11.7. The number of nitrogens with two attached hydrogens (primary N) is 2. The molecule has 0 saturated carbocycles. The third-order valence-electron chi connectivity index (χ3n) is 1.50. The summed E-state index contributed by atoms with van der Waals surface area (Å²) in [5, 5.41) is 10.4. The highest BCUT2D eigenvalue weighted by atomic mass is 35.5. The van der Waals surface area contributed by atoms with Crippen molar-refractivity contribution in [1.82, 2.24) is 4.98 Å². The SMILES string of the molecule is NC(=O)C#Cc1cc([N+](=O)[O-])c(N)nc1Cl. The van der Waals surface area contributed by atoms with Crippen LogP contribution in [0.5, 0.6) is 0 Å². The van der Waals surface area contributed by atoms with Gasteiger partial charge in [-0.25, -0.2) is 4.98 Å². The van der Waals surface area contributed by atoms with Gasteiger partial charge in [0.2, 0.25) is 5.82 Å². The van der Waals surface area contributed by atoms with Gasteiger partial charge in [0, 0.05) is 12.0 Å². The highest BCUT2D eigenvalue weighted by molar-refractivity contribution is 6.30. The highest BCUT2D eigenvalue weighted by Gasteiger charge is 2.16. The predicted molar refractivity (Wildman–Crippen MR) is 56.4 cm³/mol. The van der Waals surface area contributed by atoms with E-state index in [1.165, 1.54) is 0 Å². The van der Waals surface area contributed by atoms with Crippen LogP contribution in [0.4, 0.5) is 11.5 Å². The number of amides is 1. The Balaban J connectivity index is 3.32. The Hall–Kier alpha value is -2.33. The number of rotatable bonds is 1. The van der Waals surface area contributed by atoms with E-state index in [1.54, 1.807) is 0 Å². The molecule has 0 spiro atoms. The van der Waals surface area contributed by atoms with Gasteiger partial charge in [0.15, 0.2) is 0 Å². The third-order valence-corrected chi connectivity index (χ3v) is 1.79. The smallest absolute Gasteiger partial charge is 0.312 e. The van der Waals surface area contributed by atoms with Gasteiger partial charge in [0.1, 0.15) is 5.15 Å². The van der Waals surface area contributed by atoms with Crippen LogP contribution >= 0.6 is 11.6 Å². The standard InChI is InChI=1S/C8H5ClN4O3/c9-7-4(1-2-6(10)14)3-5(13(15)16)8(11)12-7/h3H,(H2,10,14)(H2,11,12). The van der Waals surface area contributed by atoms with Crippen molar-refractivity contribution in [2.45, 2.75) is 0 Å². The molecule has 0 fully saturated rings. The van der Waals surface area contributed by atoms with Crippen LogP contribution in [0.1, 0.15) is 5.56 Å². The van der Waals surface area contributed by atoms with Crippen molar-refractivity contribution in [2.75, 3.05) is 5.73 Å². The lowest BCUT2D eigenvalue weighted by molar-refractivity contribution is -0.384. The van der Waals surface area contributed by atoms with Crippen LogP contribution < -0.4 is 11.5 Å². The zero-order chi connectivity index (χ0) is 12.3. The van der Waals surface area contributed by atoms with E-state index in [9.17, 15) is 14.9 Å². The average Bonchev–Trinajstić information content (AvgIpc) is 2.15. The van der Waals surface area contributed by atoms with Crippen molar-refractivity contribution in [3.05, 3.63) is 26.9 Å². The number of nitrogen functional groups attached to an aromatic ring is 1. The number of primary amides is 1. The number of nitro groups is 1. The molecular formula is C8H5ClN4O3. The van der Waals surface area contributed by atoms with Crippen molar-refractivity contribution in [3.63, 3.8) is 0 Å². The average molecular weight is 241 g/mol. The second-order valence-corrected chi connectivity index (χ2v) is 2.96. The molecule has 0 aromatic carbocycles. The first-order valence-electron chi connectivity index (χ1n) is 3.83. The molecule has 7 nitrogen and oxygen atoms in total. The number of aromatic nitrogens is 1. The fourth-order valence-corrected chi connectivity index (χ4v) is 1.05. The molecule has 1 rings (SSSR count). The number of hydrogen-bond acceptors (Lipinski definition) is 5. The summed E-state index contributed by atoms with van der Waals surface area (Å²) in [7, 11) is 0. The largest absolute Gasteiger partial charge is 0.378 e. The summed E-state index contributed by atoms with van der Waals surface area (Å²) in [6.07, 6.45) is 0. The summed E-state index contributed by atoms with van der Waals surface area (Å²) in [4.78, 5) is 23.7. The summed E-state index contributed by atoms with van der Waals surface area (Å²) in [6, 6.07) is 1.03. The quantitative estimate of drug-likeness (QED) is 0.311. The fourth-order valence-electron chi connectivity index (χ4n) is 0.856. The van der Waals surface area contributed by atoms with E-state index in [0.717, 1.165) is 6.07 Å². The van der Waals surface area contributed by atoms with Crippen LogP contribution in [0.15, 0.2) is 6.07 Å². The molecule has 0 saturated heterocycles. The molecule has 0 atom stereocenters. The van der Waals surface area contributed by atoms with Crippen LogP contribution in [0.25, 0.3) is 0 Å². The minimum atomic E-state index is -0.879. The molecule has 0 aliphatic rings. The third kappa shape index (κ3) is 2.59. The predicted octanol–water partition coefficient (Wildman–Crippen LogP) is 0.0622. The fraction of sp³-hybridized carbons (Fsp3) is 0. The monoisotopic (exact) mass is 240 g/mol. The van der Waals surface area contributed by atoms with E-state index < -0.39 is 16.5 Å². The summed E-state index contributed by atoms with van der Waals surface area (Å²) < 4.78 is 0. The van der Waals surface area contributed by atoms with Gasteiger partial charge >= 0.3 is 5.69 Å². The Morgan fingerprint density at radius 1 is 1.62 bits per heavy atom. The van der Waals surface area contributed by atoms with Gasteiger partial charge in [-0.15, -0.1) is 0 Å². The second-order valence-electron chi connectivity index (χ2n) is 2.60. The zero-order valence-corrected chi connectivity index (χ0v) is 8.49. The van der Waals surface area contributed by atoms with Crippen LogP contribution in [-0.2, 0) is 4.79 Å². The van der Waals surface area contributed by atoms with Crippen molar-refractivity contribution >= 4 is 29.0 Å². The van der Waals surface area contributed by atoms with Crippen molar-refractivity contribution < 1.29 is 9.72 Å². The van der Waals surface area contributed by atoms with Crippen LogP contribution in [0, 0.1) is 22.0 Å². The Morgan fingerprint density at radius 2 is 2.25 bits per heavy atom. The first-order valence-corrected chi connectivity index (χ1v) is 4.21. The second kappa shape index (κ2) is 4.46. The molecule has 1 amide bonds. The molecule has 1 aromatic heterocycles. The molecule has 0 aliphatic carbocycles. The van der Waals surface area contributed by atoms with Crippen LogP contribution in [0.2, 0.25) is 5.15 Å². The number of halogens is 1. The zero-order valence-electron chi connectivity index (χ0n) is 7.73. The molecule has 0 radical (unpaired) electrons. The summed E-state index contributed by atoms with van der Waals surface area (Å²) in [6.45, 7) is 0. The van der Waals surface area contributed by atoms with E-state index in [2.05, 4.69) is 10.9 Å². The minimum absolute atomic E-state index is 0.0152. The first-order chi connectivity index (χ1) is 7.41. The van der Waals surface area contributed by atoms with Crippen molar-refractivity contribution in [3.8, 4) is 11.8 Å². The highest BCUT2D eigenvalue weighted by Crippen LogP contribution is 2.24. The Morgan fingerprint density at radius 3 is 2.75 bits per heavy atom. The van der Waals surface area contributed by atoms with Crippen LogP contribution in [0.3, 0.4) is 0 Å². The van der Waals surface area contributed by atoms with E-state index in [1.807, 2.05) is 5.92 Å². The molecule has 0 unspecified atom stereocenters. The Labute approximate surface area is 94.5 Å². The van der Waals surface area contributed by atoms with Gasteiger partial charge in [0.25, 0.3) is 5.91 Å². The van der Waals surface area contributed by atoms with Crippen molar-refractivity contribution in [2.24, 2.45) is 5.73 Å². The summed E-state index contributed by atoms with van der Waals surface area (Å²) in [5.74, 6) is 3.05. The molecule has 4 N–H and O–H groups in total. The molecule has 0 bridgehead atoms. The van der Waals surface area contributed by atoms with Gasteiger partial charge in [0.05, 0.1) is 10.5 Å². The number of nitrogens with zero attached hydrogens (tertiary/aromatic N) is 2. The lowest BCUT2D eigenvalue weighted by atomic mass is 10.2. The number of anilines is 1. The number of pyridine rings is 1. The lowest BCUT2D eigenvalue weighted by Gasteiger charge is -1.98. The van der Waals surface area contributed by atoms with Gasteiger partial charge in [-0.05, 0) is 0 Å². The maximum atomic E-state index is 10.5. The normalized spacial score (nSPS) is 9.06. The molecular weight excluding hydrogens is 236 g/mol. The molecule has 8 heteroatoms. The summed E-state index contributed by atoms with van der Waals surface area (Å²) in [5.41, 5.74) is 9.64. The van der Waals surface area contributed by atoms with E-state index >= 15 is 0 Å². The van der Waals surface area contributed by atoms with E-state index in [4.69, 9.17) is 23.1 Å². The maximum absolute atomic E-state index is 10.5. The van der Waals surface area contributed by atoms with Gasteiger partial charge in [-0.3, -0.25) is 14.9 Å². The molecule has 1 heterocycles. The van der Waals surface area contributed by atoms with Crippen LogP contribution in [-0.4, -0.2) is 15.8 Å². The van der Waals surface area contributed by atoms with Gasteiger partial charge in [-0.2, -0.15) is 0 Å². The molecule has 1 aromatic rings. The molecule has 0 aliphatic heterocycles. The molecule has 82 valence electrons. The minimum Gasteiger partial charge on any atom is -0.378 e. The number of hydrogen-bond donors (Lipinski definition) is 2. The topological polar surface area (TPSA) is 125 Å². The number of carbonyl (C=O) groups excluding carboxylic acids is 1. The van der Waals surface area contributed by atoms with Gasteiger partial charge in [-0.1, -0.05) is 17.5 Å². The van der Waals surface area contributed by atoms with Gasteiger partial charge < -0.3 is 11.5 Å². The lowest BCUT2D eigenvalue weighted by Crippen LogP contribution is -2.06. The van der Waals surface area contributed by atoms with E-state index in [-0.39, 0.29) is 16.5 Å². The Bertz CT molecular complexity index is 532. The maximum Gasteiger partial charge on any atom is 0.312 e. The summed E-state index contributed by atoms with van der Waals surface area (Å²) >= 11 is 5.62. The van der Waals surface area contributed by atoms with Crippen molar-refractivity contribution in [1.29, 1.82) is 0 Å². The van der Waals surface area contributed by atoms with E-state index in [0.29, 0.717) is 0 Å². The number of carbonyl (C=O) groups is 1. The Kier molecular flexibility index (Phi) is 3.27. The molecule has 16 heavy (non-hydrogen) atoms.